The van der Waals surface area contributed by atoms with Gasteiger partial charge in [-0.2, -0.15) is 0 Å². The molecular formula is C16H23NO3S. The van der Waals surface area contributed by atoms with Crippen molar-refractivity contribution in [2.24, 2.45) is 5.92 Å². The fraction of sp³-hybridized carbons (Fsp3) is 0.500. The number of esters is 1. The van der Waals surface area contributed by atoms with Crippen LogP contribution < -0.4 is 5.32 Å². The van der Waals surface area contributed by atoms with Crippen LogP contribution in [0.2, 0.25) is 0 Å². The van der Waals surface area contributed by atoms with Crippen LogP contribution in [-0.4, -0.2) is 30.3 Å². The van der Waals surface area contributed by atoms with E-state index in [1.165, 1.54) is 11.8 Å². The van der Waals surface area contributed by atoms with Gasteiger partial charge in [-0.3, -0.25) is 4.79 Å². The van der Waals surface area contributed by atoms with E-state index in [0.29, 0.717) is 18.8 Å². The van der Waals surface area contributed by atoms with Gasteiger partial charge in [0.1, 0.15) is 6.04 Å². The Bertz CT molecular complexity index is 448. The third-order valence-electron chi connectivity index (χ3n) is 2.66. The van der Waals surface area contributed by atoms with Crippen LogP contribution in [0, 0.1) is 5.92 Å². The van der Waals surface area contributed by atoms with Gasteiger partial charge in [-0.1, -0.05) is 32.0 Å². The molecule has 1 N–H and O–H groups in total. The predicted molar refractivity (Wildman–Crippen MR) is 85.2 cm³/mol. The maximum Gasteiger partial charge on any atom is 0.329 e. The molecule has 0 aromatic heterocycles. The summed E-state index contributed by atoms with van der Waals surface area (Å²) in [7, 11) is 0. The number of hydrogen-bond donors (Lipinski definition) is 1. The molecule has 1 amide bonds. The van der Waals surface area contributed by atoms with Crippen molar-refractivity contribution in [3.05, 3.63) is 30.3 Å². The van der Waals surface area contributed by atoms with Crippen LogP contribution in [0.1, 0.15) is 27.2 Å². The first-order valence-electron chi connectivity index (χ1n) is 7.16. The summed E-state index contributed by atoms with van der Waals surface area (Å²) in [6.45, 7) is 6.01. The zero-order chi connectivity index (χ0) is 15.7. The van der Waals surface area contributed by atoms with Crippen molar-refractivity contribution in [2.75, 3.05) is 12.4 Å². The zero-order valence-corrected chi connectivity index (χ0v) is 13.6. The summed E-state index contributed by atoms with van der Waals surface area (Å²) in [5, 5.41) is 2.77. The molecule has 0 radical (unpaired) electrons. The summed E-state index contributed by atoms with van der Waals surface area (Å²) in [5.41, 5.74) is 0. The Hall–Kier alpha value is -1.49. The van der Waals surface area contributed by atoms with Crippen LogP contribution >= 0.6 is 11.8 Å². The van der Waals surface area contributed by atoms with Crippen LogP contribution in [-0.2, 0) is 14.3 Å². The minimum absolute atomic E-state index is 0.114. The third-order valence-corrected chi connectivity index (χ3v) is 3.77. The fourth-order valence-electron chi connectivity index (χ4n) is 1.73. The van der Waals surface area contributed by atoms with E-state index >= 15 is 0 Å². The Morgan fingerprint density at radius 3 is 2.48 bits per heavy atom. The average molecular weight is 309 g/mol. The van der Waals surface area contributed by atoms with Gasteiger partial charge in [0.15, 0.2) is 0 Å². The minimum Gasteiger partial charge on any atom is -0.464 e. The summed E-state index contributed by atoms with van der Waals surface area (Å²) < 4.78 is 5.03. The SMILES string of the molecule is CCOC(=O)[C@H](CSc1ccccc1)NC(=O)CC(C)C. The van der Waals surface area contributed by atoms with Crippen molar-refractivity contribution in [1.29, 1.82) is 0 Å². The van der Waals surface area contributed by atoms with Crippen molar-refractivity contribution >= 4 is 23.6 Å². The highest BCUT2D eigenvalue weighted by Crippen LogP contribution is 2.18. The molecule has 0 bridgehead atoms. The van der Waals surface area contributed by atoms with E-state index in [1.54, 1.807) is 6.92 Å². The maximum absolute atomic E-state index is 11.9. The van der Waals surface area contributed by atoms with E-state index in [9.17, 15) is 9.59 Å². The highest BCUT2D eigenvalue weighted by Gasteiger charge is 2.22. The van der Waals surface area contributed by atoms with Gasteiger partial charge in [0.25, 0.3) is 0 Å². The van der Waals surface area contributed by atoms with Gasteiger partial charge in [-0.25, -0.2) is 4.79 Å². The number of benzene rings is 1. The van der Waals surface area contributed by atoms with Crippen LogP contribution in [0.25, 0.3) is 0 Å². The van der Waals surface area contributed by atoms with E-state index in [1.807, 2.05) is 44.2 Å². The van der Waals surface area contributed by atoms with Crippen LogP contribution in [0.15, 0.2) is 35.2 Å². The van der Waals surface area contributed by atoms with Crippen molar-refractivity contribution in [1.82, 2.24) is 5.32 Å². The Morgan fingerprint density at radius 2 is 1.90 bits per heavy atom. The van der Waals surface area contributed by atoms with Crippen molar-refractivity contribution in [2.45, 2.75) is 38.1 Å². The van der Waals surface area contributed by atoms with Gasteiger partial charge in [-0.15, -0.1) is 11.8 Å². The van der Waals surface area contributed by atoms with E-state index in [0.717, 1.165) is 4.90 Å². The van der Waals surface area contributed by atoms with Gasteiger partial charge in [0, 0.05) is 17.1 Å². The lowest BCUT2D eigenvalue weighted by atomic mass is 10.1. The molecule has 5 heteroatoms. The maximum atomic E-state index is 11.9. The molecule has 0 heterocycles. The number of rotatable bonds is 8. The quantitative estimate of drug-likeness (QED) is 0.592. The summed E-state index contributed by atoms with van der Waals surface area (Å²) in [6.07, 6.45) is 0.409. The van der Waals surface area contributed by atoms with Gasteiger partial charge < -0.3 is 10.1 Å². The molecule has 1 atom stereocenters. The molecule has 0 fully saturated rings. The van der Waals surface area contributed by atoms with Gasteiger partial charge >= 0.3 is 5.97 Å². The third kappa shape index (κ3) is 7.18. The first-order chi connectivity index (χ1) is 10.0. The average Bonchev–Trinajstić information content (AvgIpc) is 2.44. The Labute approximate surface area is 130 Å². The minimum atomic E-state index is -0.610. The molecule has 0 aliphatic carbocycles. The fourth-order valence-corrected chi connectivity index (χ4v) is 2.66. The first-order valence-corrected chi connectivity index (χ1v) is 8.15. The predicted octanol–water partition coefficient (Wildman–Crippen LogP) is 2.87. The molecule has 0 spiro atoms. The van der Waals surface area contributed by atoms with E-state index in [2.05, 4.69) is 5.32 Å². The summed E-state index contributed by atoms with van der Waals surface area (Å²) >= 11 is 1.53. The summed E-state index contributed by atoms with van der Waals surface area (Å²) in [5.74, 6) is 0.233. The van der Waals surface area contributed by atoms with Gasteiger partial charge in [0.05, 0.1) is 6.61 Å². The summed E-state index contributed by atoms with van der Waals surface area (Å²) in [6, 6.07) is 9.17. The second kappa shape index (κ2) is 9.45. The van der Waals surface area contributed by atoms with Gasteiger partial charge in [0.2, 0.25) is 5.91 Å². The number of hydrogen-bond acceptors (Lipinski definition) is 4. The molecule has 4 nitrogen and oxygen atoms in total. The molecule has 0 saturated carbocycles. The Morgan fingerprint density at radius 1 is 1.24 bits per heavy atom. The van der Waals surface area contributed by atoms with E-state index < -0.39 is 6.04 Å². The van der Waals surface area contributed by atoms with Crippen molar-refractivity contribution in [3.63, 3.8) is 0 Å². The summed E-state index contributed by atoms with van der Waals surface area (Å²) in [4.78, 5) is 24.9. The number of nitrogens with one attached hydrogen (secondary N) is 1. The molecule has 1 aromatic carbocycles. The first kappa shape index (κ1) is 17.6. The second-order valence-corrected chi connectivity index (χ2v) is 6.19. The van der Waals surface area contributed by atoms with E-state index in [-0.39, 0.29) is 17.8 Å². The standard InChI is InChI=1S/C16H23NO3S/c1-4-20-16(19)14(17-15(18)10-12(2)3)11-21-13-8-6-5-7-9-13/h5-9,12,14H,4,10-11H2,1-3H3,(H,17,18)/t14-/m0/s1. The van der Waals surface area contributed by atoms with Gasteiger partial charge in [-0.05, 0) is 25.0 Å². The molecule has 116 valence electrons. The molecule has 0 unspecified atom stereocenters. The monoisotopic (exact) mass is 309 g/mol. The Balaban J connectivity index is 2.59. The molecule has 1 aromatic rings. The normalized spacial score (nSPS) is 12.0. The molecule has 0 aliphatic heterocycles. The smallest absolute Gasteiger partial charge is 0.329 e. The highest BCUT2D eigenvalue weighted by atomic mass is 32.2. The number of amides is 1. The zero-order valence-electron chi connectivity index (χ0n) is 12.8. The number of carbonyl (C=O) groups is 2. The molecule has 21 heavy (non-hydrogen) atoms. The van der Waals surface area contributed by atoms with Crippen molar-refractivity contribution < 1.29 is 14.3 Å². The largest absolute Gasteiger partial charge is 0.464 e. The second-order valence-electron chi connectivity index (χ2n) is 5.09. The van der Waals surface area contributed by atoms with Crippen LogP contribution in [0.4, 0.5) is 0 Å². The lowest BCUT2D eigenvalue weighted by Gasteiger charge is -2.17. The number of ether oxygens (including phenoxy) is 1. The Kier molecular flexibility index (Phi) is 7.90. The van der Waals surface area contributed by atoms with Crippen LogP contribution in [0.5, 0.6) is 0 Å². The lowest BCUT2D eigenvalue weighted by molar-refractivity contribution is -0.146. The lowest BCUT2D eigenvalue weighted by Crippen LogP contribution is -2.44. The molecule has 0 aliphatic rings. The highest BCUT2D eigenvalue weighted by molar-refractivity contribution is 7.99. The van der Waals surface area contributed by atoms with Crippen LogP contribution in [0.3, 0.4) is 0 Å². The topological polar surface area (TPSA) is 55.4 Å². The number of carbonyl (C=O) groups excluding carboxylic acids is 2. The number of thioether (sulfide) groups is 1. The van der Waals surface area contributed by atoms with E-state index in [4.69, 9.17) is 4.74 Å². The molecule has 1 rings (SSSR count). The van der Waals surface area contributed by atoms with Crippen molar-refractivity contribution in [3.8, 4) is 0 Å². The molecular weight excluding hydrogens is 286 g/mol. The molecule has 0 saturated heterocycles.